The third-order valence-electron chi connectivity index (χ3n) is 4.62. The topological polar surface area (TPSA) is 53.6 Å². The van der Waals surface area contributed by atoms with Gasteiger partial charge in [0, 0.05) is 30.9 Å². The molecule has 1 fully saturated rings. The number of amides is 1. The second-order valence-corrected chi connectivity index (χ2v) is 6.30. The summed E-state index contributed by atoms with van der Waals surface area (Å²) in [7, 11) is 1.68. The van der Waals surface area contributed by atoms with Crippen LogP contribution in [0.2, 0.25) is 0 Å². The SMILES string of the molecule is COc1ccccc1C1CNCCN1CC(=O)Nc1ccccc1C.Cl. The summed E-state index contributed by atoms with van der Waals surface area (Å²) in [5.41, 5.74) is 3.05. The van der Waals surface area contributed by atoms with Gasteiger partial charge in [-0.05, 0) is 24.6 Å². The molecule has 1 unspecified atom stereocenters. The van der Waals surface area contributed by atoms with Gasteiger partial charge in [-0.2, -0.15) is 0 Å². The van der Waals surface area contributed by atoms with E-state index in [9.17, 15) is 4.79 Å². The molecule has 0 spiro atoms. The van der Waals surface area contributed by atoms with Gasteiger partial charge >= 0.3 is 0 Å². The number of aryl methyl sites for hydroxylation is 1. The summed E-state index contributed by atoms with van der Waals surface area (Å²) >= 11 is 0. The van der Waals surface area contributed by atoms with E-state index in [2.05, 4.69) is 21.6 Å². The number of carbonyl (C=O) groups excluding carboxylic acids is 1. The van der Waals surface area contributed by atoms with Gasteiger partial charge in [0.2, 0.25) is 5.91 Å². The number of para-hydroxylation sites is 2. The molecule has 2 aromatic rings. The second kappa shape index (κ2) is 9.57. The number of benzene rings is 2. The molecule has 140 valence electrons. The Morgan fingerprint density at radius 3 is 2.73 bits per heavy atom. The van der Waals surface area contributed by atoms with Gasteiger partial charge in [-0.3, -0.25) is 9.69 Å². The summed E-state index contributed by atoms with van der Waals surface area (Å²) in [6.07, 6.45) is 0. The van der Waals surface area contributed by atoms with E-state index in [0.29, 0.717) is 6.54 Å². The lowest BCUT2D eigenvalue weighted by Crippen LogP contribution is -2.48. The number of hydrogen-bond donors (Lipinski definition) is 2. The molecule has 1 atom stereocenters. The Kier molecular flexibility index (Phi) is 7.45. The number of piperazine rings is 1. The fourth-order valence-electron chi connectivity index (χ4n) is 3.27. The molecule has 0 aromatic heterocycles. The highest BCUT2D eigenvalue weighted by Gasteiger charge is 2.27. The minimum Gasteiger partial charge on any atom is -0.496 e. The maximum atomic E-state index is 12.6. The first-order valence-electron chi connectivity index (χ1n) is 8.62. The van der Waals surface area contributed by atoms with Crippen molar-refractivity contribution in [1.82, 2.24) is 10.2 Å². The van der Waals surface area contributed by atoms with Crippen LogP contribution in [0, 0.1) is 6.92 Å². The van der Waals surface area contributed by atoms with E-state index in [1.165, 1.54) is 0 Å². The Bertz CT molecular complexity index is 739. The maximum absolute atomic E-state index is 12.6. The Morgan fingerprint density at radius 2 is 1.96 bits per heavy atom. The van der Waals surface area contributed by atoms with Gasteiger partial charge in [-0.25, -0.2) is 0 Å². The Balaban J connectivity index is 0.00000243. The van der Waals surface area contributed by atoms with Crippen molar-refractivity contribution in [1.29, 1.82) is 0 Å². The van der Waals surface area contributed by atoms with Crippen molar-refractivity contribution >= 4 is 24.0 Å². The highest BCUT2D eigenvalue weighted by atomic mass is 35.5. The summed E-state index contributed by atoms with van der Waals surface area (Å²) in [4.78, 5) is 14.8. The number of nitrogens with one attached hydrogen (secondary N) is 2. The number of carbonyl (C=O) groups is 1. The van der Waals surface area contributed by atoms with Crippen LogP contribution in [0.4, 0.5) is 5.69 Å². The fraction of sp³-hybridized carbons (Fsp3) is 0.350. The summed E-state index contributed by atoms with van der Waals surface area (Å²) in [6, 6.07) is 16.0. The van der Waals surface area contributed by atoms with Crippen molar-refractivity contribution in [2.45, 2.75) is 13.0 Å². The van der Waals surface area contributed by atoms with Gasteiger partial charge in [-0.15, -0.1) is 12.4 Å². The average molecular weight is 376 g/mol. The highest BCUT2D eigenvalue weighted by molar-refractivity contribution is 5.93. The number of ether oxygens (including phenoxy) is 1. The van der Waals surface area contributed by atoms with Crippen LogP contribution in [-0.2, 0) is 4.79 Å². The van der Waals surface area contributed by atoms with Crippen LogP contribution in [0.1, 0.15) is 17.2 Å². The molecule has 0 bridgehead atoms. The lowest BCUT2D eigenvalue weighted by molar-refractivity contribution is -0.118. The molecular formula is C20H26ClN3O2. The first-order chi connectivity index (χ1) is 12.2. The van der Waals surface area contributed by atoms with Crippen LogP contribution < -0.4 is 15.4 Å². The zero-order valence-corrected chi connectivity index (χ0v) is 16.0. The number of rotatable bonds is 5. The van der Waals surface area contributed by atoms with Crippen molar-refractivity contribution in [2.75, 3.05) is 38.6 Å². The third-order valence-corrected chi connectivity index (χ3v) is 4.62. The zero-order valence-electron chi connectivity index (χ0n) is 15.2. The van der Waals surface area contributed by atoms with Gasteiger partial charge in [0.15, 0.2) is 0 Å². The van der Waals surface area contributed by atoms with E-state index in [1.807, 2.05) is 49.4 Å². The van der Waals surface area contributed by atoms with Crippen molar-refractivity contribution < 1.29 is 9.53 Å². The molecule has 1 amide bonds. The Labute approximate surface area is 161 Å². The zero-order chi connectivity index (χ0) is 17.6. The Morgan fingerprint density at radius 1 is 1.23 bits per heavy atom. The van der Waals surface area contributed by atoms with Gasteiger partial charge in [0.25, 0.3) is 0 Å². The predicted octanol–water partition coefficient (Wildman–Crippen LogP) is 3.01. The molecule has 26 heavy (non-hydrogen) atoms. The predicted molar refractivity (Wildman–Crippen MR) is 107 cm³/mol. The minimum atomic E-state index is 0. The van der Waals surface area contributed by atoms with Crippen LogP contribution in [0.3, 0.4) is 0 Å². The van der Waals surface area contributed by atoms with Crippen molar-refractivity contribution in [3.8, 4) is 5.75 Å². The van der Waals surface area contributed by atoms with Gasteiger partial charge in [-0.1, -0.05) is 36.4 Å². The fourth-order valence-corrected chi connectivity index (χ4v) is 3.27. The summed E-state index contributed by atoms with van der Waals surface area (Å²) in [5, 5.41) is 6.44. The molecule has 2 N–H and O–H groups in total. The summed E-state index contributed by atoms with van der Waals surface area (Å²) in [5.74, 6) is 0.872. The van der Waals surface area contributed by atoms with Crippen LogP contribution in [0.5, 0.6) is 5.75 Å². The molecular weight excluding hydrogens is 350 g/mol. The highest BCUT2D eigenvalue weighted by Crippen LogP contribution is 2.30. The molecule has 0 aliphatic carbocycles. The van der Waals surface area contributed by atoms with Gasteiger partial charge in [0.05, 0.1) is 19.7 Å². The van der Waals surface area contributed by atoms with Crippen LogP contribution in [0.25, 0.3) is 0 Å². The van der Waals surface area contributed by atoms with Gasteiger partial charge in [0.1, 0.15) is 5.75 Å². The van der Waals surface area contributed by atoms with Gasteiger partial charge < -0.3 is 15.4 Å². The number of halogens is 1. The monoisotopic (exact) mass is 375 g/mol. The smallest absolute Gasteiger partial charge is 0.238 e. The van der Waals surface area contributed by atoms with Crippen LogP contribution >= 0.6 is 12.4 Å². The van der Waals surface area contributed by atoms with Crippen LogP contribution in [-0.4, -0.2) is 44.1 Å². The third kappa shape index (κ3) is 4.75. The number of methoxy groups -OCH3 is 1. The first kappa shape index (κ1) is 20.2. The molecule has 3 rings (SSSR count). The Hall–Kier alpha value is -2.08. The summed E-state index contributed by atoms with van der Waals surface area (Å²) < 4.78 is 5.51. The standard InChI is InChI=1S/C20H25N3O2.ClH/c1-15-7-3-5-9-17(15)22-20(24)14-23-12-11-21-13-18(23)16-8-4-6-10-19(16)25-2;/h3-10,18,21H,11-14H2,1-2H3,(H,22,24);1H. The first-order valence-corrected chi connectivity index (χ1v) is 8.62. The molecule has 1 aliphatic rings. The van der Waals surface area contributed by atoms with Crippen LogP contribution in [0.15, 0.2) is 48.5 Å². The second-order valence-electron chi connectivity index (χ2n) is 6.30. The van der Waals surface area contributed by atoms with E-state index in [0.717, 1.165) is 42.2 Å². The molecule has 6 heteroatoms. The van der Waals surface area contributed by atoms with E-state index >= 15 is 0 Å². The van der Waals surface area contributed by atoms with E-state index in [1.54, 1.807) is 7.11 Å². The molecule has 2 aromatic carbocycles. The molecule has 1 heterocycles. The summed E-state index contributed by atoms with van der Waals surface area (Å²) in [6.45, 7) is 4.86. The molecule has 0 radical (unpaired) electrons. The molecule has 1 saturated heterocycles. The number of nitrogens with zero attached hydrogens (tertiary/aromatic N) is 1. The van der Waals surface area contributed by atoms with E-state index in [-0.39, 0.29) is 24.4 Å². The lowest BCUT2D eigenvalue weighted by Gasteiger charge is -2.36. The quantitative estimate of drug-likeness (QED) is 0.843. The van der Waals surface area contributed by atoms with E-state index in [4.69, 9.17) is 4.74 Å². The maximum Gasteiger partial charge on any atom is 0.238 e. The normalized spacial score (nSPS) is 17.2. The average Bonchev–Trinajstić information content (AvgIpc) is 2.64. The lowest BCUT2D eigenvalue weighted by atomic mass is 10.0. The number of anilines is 1. The largest absolute Gasteiger partial charge is 0.496 e. The minimum absolute atomic E-state index is 0. The van der Waals surface area contributed by atoms with E-state index < -0.39 is 0 Å². The van der Waals surface area contributed by atoms with Crippen molar-refractivity contribution in [2.24, 2.45) is 0 Å². The van der Waals surface area contributed by atoms with Crippen molar-refractivity contribution in [3.05, 3.63) is 59.7 Å². The molecule has 0 saturated carbocycles. The molecule has 1 aliphatic heterocycles. The molecule has 5 nitrogen and oxygen atoms in total. The van der Waals surface area contributed by atoms with Crippen molar-refractivity contribution in [3.63, 3.8) is 0 Å². The number of hydrogen-bond acceptors (Lipinski definition) is 4.